The van der Waals surface area contributed by atoms with Crippen molar-refractivity contribution in [2.75, 3.05) is 7.11 Å². The summed E-state index contributed by atoms with van der Waals surface area (Å²) in [5, 5.41) is 9.26. The van der Waals surface area contributed by atoms with Crippen LogP contribution in [0.3, 0.4) is 0 Å². The molecule has 0 aliphatic heterocycles. The second-order valence-corrected chi connectivity index (χ2v) is 2.54. The minimum absolute atomic E-state index is 0.490. The minimum atomic E-state index is -0.911. The fourth-order valence-corrected chi connectivity index (χ4v) is 0.910. The monoisotopic (exact) mass is 188 g/mol. The summed E-state index contributed by atoms with van der Waals surface area (Å²) in [4.78, 5) is 15.9. The molecule has 0 aromatic rings. The maximum atomic E-state index is 11.3. The molecule has 0 aromatic carbocycles. The SMILES string of the molecule is C/C=N/C(=O)N(C(C)O)C(C)OC. The fourth-order valence-electron chi connectivity index (χ4n) is 0.910. The molecular formula is C8H16N2O3. The van der Waals surface area contributed by atoms with E-state index in [-0.39, 0.29) is 0 Å². The van der Waals surface area contributed by atoms with E-state index >= 15 is 0 Å². The number of aliphatic hydroxyl groups excluding tert-OH is 1. The Kier molecular flexibility index (Phi) is 5.25. The molecule has 13 heavy (non-hydrogen) atoms. The third-order valence-corrected chi connectivity index (χ3v) is 1.60. The van der Waals surface area contributed by atoms with E-state index in [0.29, 0.717) is 0 Å². The minimum Gasteiger partial charge on any atom is -0.374 e. The van der Waals surface area contributed by atoms with Crippen molar-refractivity contribution < 1.29 is 14.6 Å². The second kappa shape index (κ2) is 5.66. The van der Waals surface area contributed by atoms with Crippen molar-refractivity contribution in [2.45, 2.75) is 33.2 Å². The summed E-state index contributed by atoms with van der Waals surface area (Å²) in [6.07, 6.45) is -0.0255. The van der Waals surface area contributed by atoms with Crippen LogP contribution in [0.2, 0.25) is 0 Å². The highest BCUT2D eigenvalue weighted by molar-refractivity contribution is 5.83. The summed E-state index contributed by atoms with van der Waals surface area (Å²) >= 11 is 0. The van der Waals surface area contributed by atoms with Crippen molar-refractivity contribution in [3.8, 4) is 0 Å². The van der Waals surface area contributed by atoms with Crippen molar-refractivity contribution in [2.24, 2.45) is 4.99 Å². The lowest BCUT2D eigenvalue weighted by Gasteiger charge is -2.28. The van der Waals surface area contributed by atoms with Crippen molar-refractivity contribution in [3.05, 3.63) is 0 Å². The Morgan fingerprint density at radius 1 is 1.62 bits per heavy atom. The van der Waals surface area contributed by atoms with Crippen LogP contribution in [-0.2, 0) is 4.74 Å². The van der Waals surface area contributed by atoms with Crippen LogP contribution >= 0.6 is 0 Å². The van der Waals surface area contributed by atoms with E-state index in [1.54, 1.807) is 13.8 Å². The lowest BCUT2D eigenvalue weighted by Crippen LogP contribution is -2.44. The zero-order valence-corrected chi connectivity index (χ0v) is 8.39. The number of hydrogen-bond donors (Lipinski definition) is 1. The van der Waals surface area contributed by atoms with E-state index < -0.39 is 18.5 Å². The molecule has 76 valence electrons. The van der Waals surface area contributed by atoms with Crippen molar-refractivity contribution in [1.82, 2.24) is 4.90 Å². The van der Waals surface area contributed by atoms with Crippen LogP contribution in [0.25, 0.3) is 0 Å². The van der Waals surface area contributed by atoms with Gasteiger partial charge in [-0.05, 0) is 20.8 Å². The van der Waals surface area contributed by atoms with Gasteiger partial charge in [0.15, 0.2) is 0 Å². The second-order valence-electron chi connectivity index (χ2n) is 2.54. The lowest BCUT2D eigenvalue weighted by atomic mass is 10.4. The van der Waals surface area contributed by atoms with Crippen LogP contribution in [-0.4, -0.2) is 41.8 Å². The first-order valence-electron chi connectivity index (χ1n) is 4.06. The first kappa shape index (κ1) is 12.1. The predicted molar refractivity (Wildman–Crippen MR) is 49.6 cm³/mol. The van der Waals surface area contributed by atoms with E-state index in [2.05, 4.69) is 4.99 Å². The maximum absolute atomic E-state index is 11.3. The van der Waals surface area contributed by atoms with Gasteiger partial charge in [-0.1, -0.05) is 0 Å². The molecule has 0 radical (unpaired) electrons. The molecule has 0 bridgehead atoms. The van der Waals surface area contributed by atoms with Gasteiger partial charge in [0.1, 0.15) is 12.5 Å². The first-order chi connectivity index (χ1) is 6.04. The van der Waals surface area contributed by atoms with Gasteiger partial charge in [0.05, 0.1) is 0 Å². The van der Waals surface area contributed by atoms with Crippen molar-refractivity contribution >= 4 is 12.2 Å². The Morgan fingerprint density at radius 2 is 2.15 bits per heavy atom. The molecule has 0 saturated heterocycles. The summed E-state index contributed by atoms with van der Waals surface area (Å²) in [5.74, 6) is 0. The first-order valence-corrected chi connectivity index (χ1v) is 4.06. The summed E-state index contributed by atoms with van der Waals surface area (Å²) in [6.45, 7) is 4.78. The molecule has 0 aliphatic rings. The highest BCUT2D eigenvalue weighted by atomic mass is 16.5. The van der Waals surface area contributed by atoms with Gasteiger partial charge < -0.3 is 9.84 Å². The predicted octanol–water partition coefficient (Wildman–Crippen LogP) is 0.830. The van der Waals surface area contributed by atoms with E-state index in [1.807, 2.05) is 0 Å². The highest BCUT2D eigenvalue weighted by Crippen LogP contribution is 2.06. The number of nitrogens with zero attached hydrogens (tertiary/aromatic N) is 2. The smallest absolute Gasteiger partial charge is 0.347 e. The molecule has 0 rings (SSSR count). The Labute approximate surface area is 78.0 Å². The quantitative estimate of drug-likeness (QED) is 0.527. The molecule has 5 nitrogen and oxygen atoms in total. The topological polar surface area (TPSA) is 62.1 Å². The van der Waals surface area contributed by atoms with Crippen LogP contribution < -0.4 is 0 Å². The number of carbonyl (C=O) groups excluding carboxylic acids is 1. The van der Waals surface area contributed by atoms with Gasteiger partial charge in [0, 0.05) is 13.3 Å². The molecule has 0 saturated carbocycles. The average Bonchev–Trinajstić information content (AvgIpc) is 2.04. The van der Waals surface area contributed by atoms with Gasteiger partial charge in [-0.2, -0.15) is 0 Å². The molecule has 2 amide bonds. The molecule has 5 heteroatoms. The lowest BCUT2D eigenvalue weighted by molar-refractivity contribution is -0.0692. The van der Waals surface area contributed by atoms with E-state index in [1.165, 1.54) is 20.2 Å². The zero-order valence-electron chi connectivity index (χ0n) is 8.39. The number of carbonyl (C=O) groups is 1. The number of methoxy groups -OCH3 is 1. The summed E-state index contributed by atoms with van der Waals surface area (Å²) in [6, 6.07) is -0.508. The molecule has 0 heterocycles. The van der Waals surface area contributed by atoms with Crippen LogP contribution in [0.4, 0.5) is 4.79 Å². The molecule has 1 N–H and O–H groups in total. The summed E-state index contributed by atoms with van der Waals surface area (Å²) < 4.78 is 4.91. The average molecular weight is 188 g/mol. The summed E-state index contributed by atoms with van der Waals surface area (Å²) in [5.41, 5.74) is 0. The maximum Gasteiger partial charge on any atom is 0.347 e. The fraction of sp³-hybridized carbons (Fsp3) is 0.750. The van der Waals surface area contributed by atoms with E-state index in [0.717, 1.165) is 4.90 Å². The number of aliphatic imine (C=N–C) groups is 1. The Hall–Kier alpha value is -0.940. The van der Waals surface area contributed by atoms with Gasteiger partial charge in [-0.15, -0.1) is 0 Å². The number of urea groups is 1. The molecule has 2 unspecified atom stereocenters. The number of ether oxygens (including phenoxy) is 1. The normalized spacial score (nSPS) is 15.8. The Bertz CT molecular complexity index is 192. The highest BCUT2D eigenvalue weighted by Gasteiger charge is 2.22. The van der Waals surface area contributed by atoms with Gasteiger partial charge >= 0.3 is 6.03 Å². The third kappa shape index (κ3) is 3.52. The molecule has 0 spiro atoms. The van der Waals surface area contributed by atoms with Gasteiger partial charge in [0.25, 0.3) is 0 Å². The molecule has 2 atom stereocenters. The standard InChI is InChI=1S/C8H16N2O3/c1-5-9-8(12)10(6(2)11)7(3)13-4/h5-7,11H,1-4H3/b9-5+. The number of hydrogen-bond acceptors (Lipinski definition) is 3. The van der Waals surface area contributed by atoms with Crippen molar-refractivity contribution in [3.63, 3.8) is 0 Å². The summed E-state index contributed by atoms with van der Waals surface area (Å²) in [7, 11) is 1.46. The van der Waals surface area contributed by atoms with Crippen LogP contribution in [0.15, 0.2) is 4.99 Å². The molecular weight excluding hydrogens is 172 g/mol. The number of amides is 2. The Morgan fingerprint density at radius 3 is 2.46 bits per heavy atom. The van der Waals surface area contributed by atoms with Crippen LogP contribution in [0.1, 0.15) is 20.8 Å². The number of rotatable bonds is 3. The van der Waals surface area contributed by atoms with Crippen LogP contribution in [0.5, 0.6) is 0 Å². The molecule has 0 fully saturated rings. The third-order valence-electron chi connectivity index (χ3n) is 1.60. The Balaban J connectivity index is 4.50. The van der Waals surface area contributed by atoms with E-state index in [4.69, 9.17) is 4.74 Å². The van der Waals surface area contributed by atoms with Crippen molar-refractivity contribution in [1.29, 1.82) is 0 Å². The largest absolute Gasteiger partial charge is 0.374 e. The van der Waals surface area contributed by atoms with E-state index in [9.17, 15) is 9.90 Å². The number of aliphatic hydroxyl groups is 1. The van der Waals surface area contributed by atoms with Crippen LogP contribution in [0, 0.1) is 0 Å². The van der Waals surface area contributed by atoms with Gasteiger partial charge in [0.2, 0.25) is 0 Å². The van der Waals surface area contributed by atoms with Gasteiger partial charge in [-0.25, -0.2) is 9.79 Å². The van der Waals surface area contributed by atoms with Gasteiger partial charge in [-0.3, -0.25) is 4.90 Å². The zero-order chi connectivity index (χ0) is 10.4. The molecule has 0 aromatic heterocycles. The molecule has 0 aliphatic carbocycles.